The summed E-state index contributed by atoms with van der Waals surface area (Å²) in [6.45, 7) is 4.65. The Labute approximate surface area is 93.4 Å². The van der Waals surface area contributed by atoms with Crippen LogP contribution in [0.5, 0.6) is 11.5 Å². The van der Waals surface area contributed by atoms with Gasteiger partial charge in [0.05, 0.1) is 12.7 Å². The average molecular weight is 259 g/mol. The first-order chi connectivity index (χ1) is 6.74. The van der Waals surface area contributed by atoms with E-state index in [1.54, 1.807) is 0 Å². The van der Waals surface area contributed by atoms with Crippen LogP contribution in [0.2, 0.25) is 0 Å². The Morgan fingerprint density at radius 3 is 2.43 bits per heavy atom. The van der Waals surface area contributed by atoms with Crippen molar-refractivity contribution in [3.8, 4) is 11.5 Å². The molecule has 0 aliphatic heterocycles. The molecule has 0 aliphatic carbocycles. The van der Waals surface area contributed by atoms with E-state index in [4.69, 9.17) is 9.47 Å². The van der Waals surface area contributed by atoms with Crippen molar-refractivity contribution in [3.63, 3.8) is 0 Å². The monoisotopic (exact) mass is 258 g/mol. The highest BCUT2D eigenvalue weighted by Crippen LogP contribution is 2.27. The maximum absolute atomic E-state index is 5.60. The zero-order valence-corrected chi connectivity index (χ0v) is 10.1. The molecule has 0 spiro atoms. The van der Waals surface area contributed by atoms with E-state index in [1.807, 2.05) is 38.1 Å². The molecule has 1 aromatic carbocycles. The molecule has 2 nitrogen and oxygen atoms in total. The van der Waals surface area contributed by atoms with Crippen molar-refractivity contribution < 1.29 is 9.47 Å². The van der Waals surface area contributed by atoms with Crippen molar-refractivity contribution in [1.29, 1.82) is 0 Å². The Balaban J connectivity index is 2.69. The fourth-order valence-electron chi connectivity index (χ4n) is 1.07. The lowest BCUT2D eigenvalue weighted by Crippen LogP contribution is -2.07. The third-order valence-corrected chi connectivity index (χ3v) is 1.87. The summed E-state index contributed by atoms with van der Waals surface area (Å²) in [6, 6.07) is 7.72. The van der Waals surface area contributed by atoms with E-state index in [-0.39, 0.29) is 6.10 Å². The number of benzene rings is 1. The normalized spacial score (nSPS) is 10.3. The van der Waals surface area contributed by atoms with Crippen molar-refractivity contribution in [1.82, 2.24) is 0 Å². The highest BCUT2D eigenvalue weighted by Gasteiger charge is 2.04. The van der Waals surface area contributed by atoms with Crippen molar-refractivity contribution >= 4 is 15.9 Å². The number of alkyl halides is 1. The largest absolute Gasteiger partial charge is 0.489 e. The maximum atomic E-state index is 5.60. The minimum absolute atomic E-state index is 0.170. The van der Waals surface area contributed by atoms with Gasteiger partial charge in [0, 0.05) is 5.33 Å². The van der Waals surface area contributed by atoms with Crippen molar-refractivity contribution in [2.24, 2.45) is 0 Å². The molecule has 3 heteroatoms. The van der Waals surface area contributed by atoms with Gasteiger partial charge in [0.2, 0.25) is 0 Å². The molecular weight excluding hydrogens is 244 g/mol. The molecule has 0 aliphatic rings. The smallest absolute Gasteiger partial charge is 0.161 e. The van der Waals surface area contributed by atoms with E-state index in [9.17, 15) is 0 Å². The molecule has 1 rings (SSSR count). The topological polar surface area (TPSA) is 18.5 Å². The van der Waals surface area contributed by atoms with E-state index in [1.165, 1.54) is 0 Å². The Kier molecular flexibility index (Phi) is 4.80. The van der Waals surface area contributed by atoms with Crippen LogP contribution >= 0.6 is 15.9 Å². The van der Waals surface area contributed by atoms with E-state index in [0.717, 1.165) is 16.8 Å². The molecule has 0 N–H and O–H groups in total. The SMILES string of the molecule is CC(C)Oc1ccccc1OCCBr. The number of hydrogen-bond acceptors (Lipinski definition) is 2. The minimum Gasteiger partial charge on any atom is -0.489 e. The second-order valence-corrected chi connectivity index (χ2v) is 3.94. The summed E-state index contributed by atoms with van der Waals surface area (Å²) < 4.78 is 11.1. The lowest BCUT2D eigenvalue weighted by Gasteiger charge is -2.14. The highest BCUT2D eigenvalue weighted by atomic mass is 79.9. The van der Waals surface area contributed by atoms with E-state index < -0.39 is 0 Å². The fraction of sp³-hybridized carbons (Fsp3) is 0.455. The second kappa shape index (κ2) is 5.91. The predicted octanol–water partition coefficient (Wildman–Crippen LogP) is 3.25. The third-order valence-electron chi connectivity index (χ3n) is 1.55. The van der Waals surface area contributed by atoms with Gasteiger partial charge in [0.1, 0.15) is 0 Å². The van der Waals surface area contributed by atoms with Crippen LogP contribution in [0.4, 0.5) is 0 Å². The number of hydrogen-bond donors (Lipinski definition) is 0. The lowest BCUT2D eigenvalue weighted by atomic mass is 10.3. The van der Waals surface area contributed by atoms with Gasteiger partial charge in [-0.25, -0.2) is 0 Å². The summed E-state index contributed by atoms with van der Waals surface area (Å²) in [5.41, 5.74) is 0. The summed E-state index contributed by atoms with van der Waals surface area (Å²) >= 11 is 3.32. The van der Waals surface area contributed by atoms with Gasteiger partial charge in [0.15, 0.2) is 11.5 Å². The lowest BCUT2D eigenvalue weighted by molar-refractivity contribution is 0.224. The molecular formula is C11H15BrO2. The molecule has 0 saturated heterocycles. The number of para-hydroxylation sites is 2. The van der Waals surface area contributed by atoms with Crippen molar-refractivity contribution in [2.75, 3.05) is 11.9 Å². The van der Waals surface area contributed by atoms with Crippen molar-refractivity contribution in [2.45, 2.75) is 20.0 Å². The standard InChI is InChI=1S/C11H15BrO2/c1-9(2)14-11-6-4-3-5-10(11)13-8-7-12/h3-6,9H,7-8H2,1-2H3. The molecule has 0 fully saturated rings. The molecule has 14 heavy (non-hydrogen) atoms. The van der Waals surface area contributed by atoms with Crippen LogP contribution in [-0.4, -0.2) is 18.0 Å². The van der Waals surface area contributed by atoms with E-state index >= 15 is 0 Å². The molecule has 0 atom stereocenters. The molecule has 0 aromatic heterocycles. The van der Waals surface area contributed by atoms with Gasteiger partial charge >= 0.3 is 0 Å². The Morgan fingerprint density at radius 1 is 1.21 bits per heavy atom. The summed E-state index contributed by atoms with van der Waals surface area (Å²) in [5, 5.41) is 0.822. The Hall–Kier alpha value is -0.700. The van der Waals surface area contributed by atoms with Gasteiger partial charge in [-0.1, -0.05) is 28.1 Å². The van der Waals surface area contributed by atoms with Crippen LogP contribution in [0.3, 0.4) is 0 Å². The quantitative estimate of drug-likeness (QED) is 0.756. The predicted molar refractivity (Wildman–Crippen MR) is 61.5 cm³/mol. The Bertz CT molecular complexity index is 274. The average Bonchev–Trinajstić information content (AvgIpc) is 2.16. The molecule has 0 bridgehead atoms. The second-order valence-electron chi connectivity index (χ2n) is 3.15. The third kappa shape index (κ3) is 3.58. The van der Waals surface area contributed by atoms with E-state index in [2.05, 4.69) is 15.9 Å². The molecule has 0 amide bonds. The van der Waals surface area contributed by atoms with Crippen LogP contribution in [-0.2, 0) is 0 Å². The zero-order chi connectivity index (χ0) is 10.4. The summed E-state index contributed by atoms with van der Waals surface area (Å²) in [4.78, 5) is 0. The van der Waals surface area contributed by atoms with Crippen LogP contribution < -0.4 is 9.47 Å². The summed E-state index contributed by atoms with van der Waals surface area (Å²) in [7, 11) is 0. The van der Waals surface area contributed by atoms with E-state index in [0.29, 0.717) is 6.61 Å². The highest BCUT2D eigenvalue weighted by molar-refractivity contribution is 9.09. The molecule has 0 heterocycles. The number of halogens is 1. The first-order valence-corrected chi connectivity index (χ1v) is 5.80. The van der Waals surface area contributed by atoms with Gasteiger partial charge in [-0.3, -0.25) is 0 Å². The van der Waals surface area contributed by atoms with Gasteiger partial charge in [-0.05, 0) is 26.0 Å². The van der Waals surface area contributed by atoms with Crippen molar-refractivity contribution in [3.05, 3.63) is 24.3 Å². The van der Waals surface area contributed by atoms with Crippen LogP contribution in [0, 0.1) is 0 Å². The summed E-state index contributed by atoms with van der Waals surface area (Å²) in [5.74, 6) is 1.61. The van der Waals surface area contributed by atoms with Gasteiger partial charge in [-0.2, -0.15) is 0 Å². The van der Waals surface area contributed by atoms with Gasteiger partial charge in [-0.15, -0.1) is 0 Å². The molecule has 0 saturated carbocycles. The minimum atomic E-state index is 0.170. The van der Waals surface area contributed by atoms with Gasteiger partial charge < -0.3 is 9.47 Å². The zero-order valence-electron chi connectivity index (χ0n) is 8.50. The molecule has 78 valence electrons. The van der Waals surface area contributed by atoms with Gasteiger partial charge in [0.25, 0.3) is 0 Å². The van der Waals surface area contributed by atoms with Crippen LogP contribution in [0.25, 0.3) is 0 Å². The Morgan fingerprint density at radius 2 is 1.86 bits per heavy atom. The first kappa shape index (κ1) is 11.4. The fourth-order valence-corrected chi connectivity index (χ4v) is 1.23. The molecule has 0 unspecified atom stereocenters. The maximum Gasteiger partial charge on any atom is 0.161 e. The number of rotatable bonds is 5. The summed E-state index contributed by atoms with van der Waals surface area (Å²) in [6.07, 6.45) is 0.170. The number of ether oxygens (including phenoxy) is 2. The van der Waals surface area contributed by atoms with Crippen LogP contribution in [0.15, 0.2) is 24.3 Å². The van der Waals surface area contributed by atoms with Crippen LogP contribution in [0.1, 0.15) is 13.8 Å². The first-order valence-electron chi connectivity index (χ1n) is 4.68. The molecule has 0 radical (unpaired) electrons. The molecule has 1 aromatic rings.